The van der Waals surface area contributed by atoms with Crippen LogP contribution in [0.2, 0.25) is 0 Å². The number of amides is 1. The SMILES string of the molecule is [2H]C([2H])([2H])N(/N=N/c1nc[nH]c1C(N)=O)C([2H])([2H])[2H]. The summed E-state index contributed by atoms with van der Waals surface area (Å²) in [5, 5.41) is 6.26. The number of rotatable bonds is 3. The molecule has 1 heterocycles. The van der Waals surface area contributed by atoms with Gasteiger partial charge in [-0.1, -0.05) is 5.22 Å². The Morgan fingerprint density at radius 3 is 3.23 bits per heavy atom. The summed E-state index contributed by atoms with van der Waals surface area (Å²) in [6.45, 7) is -6.03. The Bertz CT molecular complexity index is 475. The number of nitrogens with two attached hydrogens (primary N) is 1. The van der Waals surface area contributed by atoms with Crippen molar-refractivity contribution < 1.29 is 13.0 Å². The van der Waals surface area contributed by atoms with Crippen LogP contribution in [0.5, 0.6) is 0 Å². The number of H-pyrrole nitrogens is 1. The summed E-state index contributed by atoms with van der Waals surface area (Å²) in [4.78, 5) is 16.9. The number of aromatic amines is 1. The Hall–Kier alpha value is -1.92. The van der Waals surface area contributed by atoms with Gasteiger partial charge in [-0.15, -0.1) is 5.11 Å². The van der Waals surface area contributed by atoms with Gasteiger partial charge in [0, 0.05) is 22.2 Å². The second kappa shape index (κ2) is 3.65. The van der Waals surface area contributed by atoms with E-state index in [0.29, 0.717) is 0 Å². The first-order valence-electron chi connectivity index (χ1n) is 6.08. The molecule has 1 aromatic heterocycles. The standard InChI is InChI=1S/C6H10N6O/c1-12(2)11-10-6-4(5(7)13)8-3-9-6/h3H,1-2H3,(H2,7,13)(H,8,9)/b11-10+/i1D3,2D3. The van der Waals surface area contributed by atoms with Crippen LogP contribution in [0.25, 0.3) is 0 Å². The van der Waals surface area contributed by atoms with Crippen LogP contribution in [0.1, 0.15) is 18.7 Å². The first kappa shape index (κ1) is 3.86. The minimum absolute atomic E-state index is 0.139. The zero-order chi connectivity index (χ0) is 14.8. The smallest absolute Gasteiger partial charge is 0.269 e. The second-order valence-electron chi connectivity index (χ2n) is 1.97. The third kappa shape index (κ3) is 2.26. The number of aromatic nitrogens is 2. The maximum atomic E-state index is 10.9. The van der Waals surface area contributed by atoms with E-state index in [2.05, 4.69) is 20.3 Å². The summed E-state index contributed by atoms with van der Waals surface area (Å²) in [6, 6.07) is 0. The molecule has 0 aromatic carbocycles. The minimum atomic E-state index is -3.02. The fourth-order valence-corrected chi connectivity index (χ4v) is 0.631. The Morgan fingerprint density at radius 2 is 2.62 bits per heavy atom. The number of nitrogens with one attached hydrogen (secondary N) is 1. The highest BCUT2D eigenvalue weighted by atomic mass is 16.1. The van der Waals surface area contributed by atoms with Crippen molar-refractivity contribution in [3.05, 3.63) is 12.0 Å². The van der Waals surface area contributed by atoms with E-state index in [9.17, 15) is 4.79 Å². The zero-order valence-corrected chi connectivity index (χ0v) is 6.35. The normalized spacial score (nSPS) is 19.4. The molecule has 0 saturated heterocycles. The Morgan fingerprint density at radius 1 is 1.85 bits per heavy atom. The van der Waals surface area contributed by atoms with Gasteiger partial charge in [0.15, 0.2) is 5.69 Å². The van der Waals surface area contributed by atoms with Gasteiger partial charge in [-0.05, 0) is 0 Å². The van der Waals surface area contributed by atoms with Gasteiger partial charge in [-0.2, -0.15) is 0 Å². The monoisotopic (exact) mass is 188 g/mol. The highest BCUT2D eigenvalue weighted by Gasteiger charge is 2.09. The van der Waals surface area contributed by atoms with Crippen LogP contribution in [0.3, 0.4) is 0 Å². The lowest BCUT2D eigenvalue weighted by molar-refractivity contribution is 0.0996. The van der Waals surface area contributed by atoms with E-state index < -0.39 is 19.9 Å². The summed E-state index contributed by atoms with van der Waals surface area (Å²) in [5.74, 6) is -1.19. The van der Waals surface area contributed by atoms with Gasteiger partial charge in [0.1, 0.15) is 0 Å². The van der Waals surface area contributed by atoms with Crippen molar-refractivity contribution in [3.63, 3.8) is 0 Å². The average molecular weight is 188 g/mol. The van der Waals surface area contributed by atoms with Crippen molar-refractivity contribution >= 4 is 11.7 Å². The maximum absolute atomic E-state index is 10.9. The number of imidazole rings is 1. The lowest BCUT2D eigenvalue weighted by Gasteiger charge is -1.98. The van der Waals surface area contributed by atoms with Crippen LogP contribution >= 0.6 is 0 Å². The van der Waals surface area contributed by atoms with E-state index in [1.807, 2.05) is 0 Å². The molecular formula is C6H10N6O. The van der Waals surface area contributed by atoms with Gasteiger partial charge in [0.05, 0.1) is 6.33 Å². The topological polar surface area (TPSA) is 99.7 Å². The Labute approximate surface area is 83.1 Å². The molecular weight excluding hydrogens is 172 g/mol. The molecule has 1 aromatic rings. The molecule has 1 rings (SSSR count). The summed E-state index contributed by atoms with van der Waals surface area (Å²) in [5.41, 5.74) is 4.78. The van der Waals surface area contributed by atoms with Crippen LogP contribution in [0, 0.1) is 0 Å². The van der Waals surface area contributed by atoms with Gasteiger partial charge in [-0.3, -0.25) is 9.80 Å². The molecule has 0 aliphatic heterocycles. The minimum Gasteiger partial charge on any atom is -0.364 e. The van der Waals surface area contributed by atoms with Gasteiger partial charge in [0.25, 0.3) is 5.91 Å². The largest absolute Gasteiger partial charge is 0.364 e. The lowest BCUT2D eigenvalue weighted by Crippen LogP contribution is -2.11. The molecule has 0 aliphatic carbocycles. The van der Waals surface area contributed by atoms with E-state index in [-0.39, 0.29) is 16.5 Å². The molecule has 0 saturated carbocycles. The molecule has 13 heavy (non-hydrogen) atoms. The van der Waals surface area contributed by atoms with Crippen molar-refractivity contribution in [2.24, 2.45) is 16.1 Å². The molecule has 0 bridgehead atoms. The fourth-order valence-electron chi connectivity index (χ4n) is 0.631. The molecule has 0 fully saturated rings. The number of hydrogen-bond acceptors (Lipinski definition) is 4. The van der Waals surface area contributed by atoms with Crippen LogP contribution < -0.4 is 5.73 Å². The third-order valence-electron chi connectivity index (χ3n) is 1.09. The summed E-state index contributed by atoms with van der Waals surface area (Å²) in [6.07, 6.45) is 1.09. The number of nitrogens with zero attached hydrogens (tertiary/aromatic N) is 4. The van der Waals surface area contributed by atoms with E-state index in [0.717, 1.165) is 6.33 Å². The number of hydrogen-bond donors (Lipinski definition) is 2. The average Bonchev–Trinajstić information content (AvgIpc) is 2.61. The van der Waals surface area contributed by atoms with Crippen molar-refractivity contribution in [2.75, 3.05) is 14.0 Å². The first-order valence-corrected chi connectivity index (χ1v) is 3.08. The Balaban J connectivity index is 3.07. The van der Waals surface area contributed by atoms with E-state index >= 15 is 0 Å². The van der Waals surface area contributed by atoms with Crippen LogP contribution in [-0.2, 0) is 0 Å². The molecule has 0 unspecified atom stereocenters. The fraction of sp³-hybridized carbons (Fsp3) is 0.333. The van der Waals surface area contributed by atoms with Crippen molar-refractivity contribution in [3.8, 4) is 0 Å². The van der Waals surface area contributed by atoms with E-state index in [1.165, 1.54) is 0 Å². The van der Waals surface area contributed by atoms with Crippen molar-refractivity contribution in [2.45, 2.75) is 0 Å². The van der Waals surface area contributed by atoms with Crippen LogP contribution in [0.15, 0.2) is 16.7 Å². The highest BCUT2D eigenvalue weighted by molar-refractivity contribution is 5.94. The molecule has 0 spiro atoms. The van der Waals surface area contributed by atoms with Crippen molar-refractivity contribution in [1.82, 2.24) is 15.0 Å². The van der Waals surface area contributed by atoms with Crippen LogP contribution in [-0.4, -0.2) is 34.8 Å². The van der Waals surface area contributed by atoms with Crippen LogP contribution in [0.4, 0.5) is 5.82 Å². The van der Waals surface area contributed by atoms with Gasteiger partial charge in [0.2, 0.25) is 5.82 Å². The lowest BCUT2D eigenvalue weighted by atomic mass is 10.4. The predicted octanol–water partition coefficient (Wildman–Crippen LogP) is 0.0689. The summed E-state index contributed by atoms with van der Waals surface area (Å²) in [7, 11) is 0. The Kier molecular flexibility index (Phi) is 1.08. The summed E-state index contributed by atoms with van der Waals surface area (Å²) < 4.78 is 42.2. The van der Waals surface area contributed by atoms with Gasteiger partial charge >= 0.3 is 0 Å². The molecule has 0 atom stereocenters. The number of carbonyl (C=O) groups excluding carboxylic acids is 1. The maximum Gasteiger partial charge on any atom is 0.269 e. The van der Waals surface area contributed by atoms with E-state index in [1.54, 1.807) is 0 Å². The molecule has 3 N–H and O–H groups in total. The first-order chi connectivity index (χ1) is 8.53. The molecule has 70 valence electrons. The third-order valence-corrected chi connectivity index (χ3v) is 1.09. The van der Waals surface area contributed by atoms with Crippen molar-refractivity contribution in [1.29, 1.82) is 0 Å². The molecule has 7 heteroatoms. The number of primary amides is 1. The number of carbonyl (C=O) groups is 1. The van der Waals surface area contributed by atoms with Gasteiger partial charge in [-0.25, -0.2) is 4.98 Å². The molecule has 7 nitrogen and oxygen atoms in total. The molecule has 1 amide bonds. The summed E-state index contributed by atoms with van der Waals surface area (Å²) >= 11 is 0. The second-order valence-corrected chi connectivity index (χ2v) is 1.97. The quantitative estimate of drug-likeness (QED) is 0.518. The zero-order valence-electron chi connectivity index (χ0n) is 12.4. The molecule has 0 aliphatic rings. The highest BCUT2D eigenvalue weighted by Crippen LogP contribution is 2.12. The predicted molar refractivity (Wildman–Crippen MR) is 45.3 cm³/mol. The van der Waals surface area contributed by atoms with E-state index in [4.69, 9.17) is 14.0 Å². The van der Waals surface area contributed by atoms with Gasteiger partial charge < -0.3 is 10.7 Å². The molecule has 0 radical (unpaired) electrons.